The highest BCUT2D eigenvalue weighted by molar-refractivity contribution is 7.89. The lowest BCUT2D eigenvalue weighted by Crippen LogP contribution is -2.47. The first-order chi connectivity index (χ1) is 11.9. The van der Waals surface area contributed by atoms with E-state index in [1.165, 1.54) is 25.2 Å². The first-order valence-electron chi connectivity index (χ1n) is 7.93. The zero-order chi connectivity index (χ0) is 18.3. The molecule has 0 saturated heterocycles. The van der Waals surface area contributed by atoms with Crippen molar-refractivity contribution in [1.82, 2.24) is 4.72 Å². The smallest absolute Gasteiger partial charge is 0.213 e. The van der Waals surface area contributed by atoms with Gasteiger partial charge in [-0.2, -0.15) is 0 Å². The van der Waals surface area contributed by atoms with Crippen molar-refractivity contribution in [2.45, 2.75) is 18.6 Å². The van der Waals surface area contributed by atoms with Crippen LogP contribution in [0.2, 0.25) is 0 Å². The second-order valence-corrected chi connectivity index (χ2v) is 7.81. The molecule has 0 aliphatic rings. The number of rotatable bonds is 9. The van der Waals surface area contributed by atoms with Crippen LogP contribution in [-0.4, -0.2) is 27.8 Å². The van der Waals surface area contributed by atoms with Gasteiger partial charge in [0.05, 0.1) is 17.9 Å². The fraction of sp³-hybridized carbons (Fsp3) is 0.333. The van der Waals surface area contributed by atoms with Crippen molar-refractivity contribution in [1.29, 1.82) is 0 Å². The highest BCUT2D eigenvalue weighted by Crippen LogP contribution is 2.26. The number of benzene rings is 2. The first kappa shape index (κ1) is 19.5. The molecule has 5 nitrogen and oxygen atoms in total. The van der Waals surface area contributed by atoms with E-state index in [0.29, 0.717) is 6.61 Å². The largest absolute Gasteiger partial charge is 0.377 e. The molecule has 0 aliphatic carbocycles. The Balaban J connectivity index is 2.11. The summed E-state index contributed by atoms with van der Waals surface area (Å²) in [6.07, 6.45) is 0.168. The average molecular weight is 366 g/mol. The SMILES string of the molecule is CNS(=O)(=O)CC(N)(CCOCc1ccccc1)c1ccccc1F. The topological polar surface area (TPSA) is 81.4 Å². The Bertz CT molecular complexity index is 784. The Kier molecular flexibility index (Phi) is 6.66. The summed E-state index contributed by atoms with van der Waals surface area (Å²) in [7, 11) is -2.32. The third-order valence-corrected chi connectivity index (χ3v) is 5.49. The number of nitrogens with two attached hydrogens (primary N) is 1. The molecule has 0 bridgehead atoms. The molecule has 0 aliphatic heterocycles. The van der Waals surface area contributed by atoms with Gasteiger partial charge >= 0.3 is 0 Å². The molecule has 2 rings (SSSR count). The Morgan fingerprint density at radius 1 is 1.12 bits per heavy atom. The molecule has 0 aromatic heterocycles. The molecule has 3 N–H and O–H groups in total. The highest BCUT2D eigenvalue weighted by atomic mass is 32.2. The number of halogens is 1. The van der Waals surface area contributed by atoms with Crippen LogP contribution in [0.15, 0.2) is 54.6 Å². The van der Waals surface area contributed by atoms with Gasteiger partial charge < -0.3 is 10.5 Å². The summed E-state index contributed by atoms with van der Waals surface area (Å²) >= 11 is 0. The summed E-state index contributed by atoms with van der Waals surface area (Å²) in [6.45, 7) is 0.589. The van der Waals surface area contributed by atoms with Gasteiger partial charge in [-0.25, -0.2) is 17.5 Å². The lowest BCUT2D eigenvalue weighted by molar-refractivity contribution is 0.104. The van der Waals surface area contributed by atoms with E-state index in [1.807, 2.05) is 30.3 Å². The molecular formula is C18H23FN2O3S. The number of sulfonamides is 1. The van der Waals surface area contributed by atoms with Crippen molar-refractivity contribution in [2.24, 2.45) is 5.73 Å². The summed E-state index contributed by atoms with van der Waals surface area (Å²) in [5.74, 6) is -0.953. The molecule has 1 unspecified atom stereocenters. The van der Waals surface area contributed by atoms with Crippen LogP contribution in [0.4, 0.5) is 4.39 Å². The summed E-state index contributed by atoms with van der Waals surface area (Å²) in [4.78, 5) is 0. The molecule has 0 radical (unpaired) electrons. The van der Waals surface area contributed by atoms with E-state index >= 15 is 0 Å². The predicted octanol–water partition coefficient (Wildman–Crippen LogP) is 2.14. The summed E-state index contributed by atoms with van der Waals surface area (Å²) < 4.78 is 46.0. The van der Waals surface area contributed by atoms with Crippen LogP contribution in [0.5, 0.6) is 0 Å². The first-order valence-corrected chi connectivity index (χ1v) is 9.58. The molecule has 0 saturated carbocycles. The average Bonchev–Trinajstić information content (AvgIpc) is 2.60. The lowest BCUT2D eigenvalue weighted by atomic mass is 9.89. The Labute approximate surface area is 148 Å². The summed E-state index contributed by atoms with van der Waals surface area (Å²) in [5, 5.41) is 0. The van der Waals surface area contributed by atoms with E-state index in [4.69, 9.17) is 10.5 Å². The number of nitrogens with one attached hydrogen (secondary N) is 1. The van der Waals surface area contributed by atoms with E-state index in [-0.39, 0.29) is 18.6 Å². The van der Waals surface area contributed by atoms with Crippen LogP contribution in [0.25, 0.3) is 0 Å². The van der Waals surface area contributed by atoms with Crippen LogP contribution in [0.1, 0.15) is 17.5 Å². The summed E-state index contributed by atoms with van der Waals surface area (Å²) in [6, 6.07) is 15.5. The number of ether oxygens (including phenoxy) is 1. The van der Waals surface area contributed by atoms with Crippen LogP contribution in [0, 0.1) is 5.82 Å². The molecule has 0 spiro atoms. The molecule has 0 amide bonds. The predicted molar refractivity (Wildman–Crippen MR) is 95.8 cm³/mol. The number of hydrogen-bond donors (Lipinski definition) is 2. The van der Waals surface area contributed by atoms with Crippen LogP contribution < -0.4 is 10.5 Å². The zero-order valence-corrected chi connectivity index (χ0v) is 14.9. The molecule has 2 aromatic rings. The van der Waals surface area contributed by atoms with Crippen LogP contribution in [0.3, 0.4) is 0 Å². The summed E-state index contributed by atoms with van der Waals surface area (Å²) in [5.41, 5.74) is 6.10. The van der Waals surface area contributed by atoms with Gasteiger partial charge in [-0.1, -0.05) is 48.5 Å². The minimum Gasteiger partial charge on any atom is -0.377 e. The monoisotopic (exact) mass is 366 g/mol. The molecule has 7 heteroatoms. The second-order valence-electron chi connectivity index (χ2n) is 5.89. The van der Waals surface area contributed by atoms with E-state index < -0.39 is 27.1 Å². The molecular weight excluding hydrogens is 343 g/mol. The third kappa shape index (κ3) is 5.61. The van der Waals surface area contributed by atoms with Gasteiger partial charge in [0, 0.05) is 12.2 Å². The van der Waals surface area contributed by atoms with Gasteiger partial charge in [0.1, 0.15) is 5.82 Å². The molecule has 0 heterocycles. The Hall–Kier alpha value is -1.80. The van der Waals surface area contributed by atoms with Crippen molar-refractivity contribution >= 4 is 10.0 Å². The van der Waals surface area contributed by atoms with E-state index in [0.717, 1.165) is 5.56 Å². The van der Waals surface area contributed by atoms with Gasteiger partial charge in [0.15, 0.2) is 0 Å². The molecule has 1 atom stereocenters. The molecule has 0 fully saturated rings. The fourth-order valence-corrected chi connectivity index (χ4v) is 3.70. The Morgan fingerprint density at radius 3 is 2.40 bits per heavy atom. The standard InChI is InChI=1S/C18H23FN2O3S/c1-21-25(22,23)14-18(20,16-9-5-6-10-17(16)19)11-12-24-13-15-7-3-2-4-8-15/h2-10,21H,11-14,20H2,1H3. The van der Waals surface area contributed by atoms with Crippen LogP contribution >= 0.6 is 0 Å². The fourth-order valence-electron chi connectivity index (χ4n) is 2.58. The maximum atomic E-state index is 14.2. The van der Waals surface area contributed by atoms with E-state index in [9.17, 15) is 12.8 Å². The van der Waals surface area contributed by atoms with Crippen molar-refractivity contribution < 1.29 is 17.5 Å². The maximum Gasteiger partial charge on any atom is 0.213 e. The van der Waals surface area contributed by atoms with Gasteiger partial charge in [-0.15, -0.1) is 0 Å². The van der Waals surface area contributed by atoms with Gasteiger partial charge in [0.25, 0.3) is 0 Å². The van der Waals surface area contributed by atoms with Gasteiger partial charge in [-0.3, -0.25) is 0 Å². The maximum absolute atomic E-state index is 14.2. The van der Waals surface area contributed by atoms with E-state index in [2.05, 4.69) is 4.72 Å². The van der Waals surface area contributed by atoms with Gasteiger partial charge in [0.2, 0.25) is 10.0 Å². The molecule has 25 heavy (non-hydrogen) atoms. The minimum atomic E-state index is -3.63. The van der Waals surface area contributed by atoms with Crippen molar-refractivity contribution in [3.63, 3.8) is 0 Å². The van der Waals surface area contributed by atoms with Crippen molar-refractivity contribution in [3.05, 3.63) is 71.5 Å². The van der Waals surface area contributed by atoms with Crippen molar-refractivity contribution in [2.75, 3.05) is 19.4 Å². The Morgan fingerprint density at radius 2 is 1.76 bits per heavy atom. The number of hydrogen-bond acceptors (Lipinski definition) is 4. The minimum absolute atomic E-state index is 0.164. The van der Waals surface area contributed by atoms with E-state index in [1.54, 1.807) is 6.07 Å². The zero-order valence-electron chi connectivity index (χ0n) is 14.1. The van der Waals surface area contributed by atoms with Gasteiger partial charge in [-0.05, 0) is 25.1 Å². The highest BCUT2D eigenvalue weighted by Gasteiger charge is 2.34. The quantitative estimate of drug-likeness (QED) is 0.666. The lowest BCUT2D eigenvalue weighted by Gasteiger charge is -2.30. The van der Waals surface area contributed by atoms with Crippen molar-refractivity contribution in [3.8, 4) is 0 Å². The normalized spacial score (nSPS) is 14.2. The van der Waals surface area contributed by atoms with Crippen LogP contribution in [-0.2, 0) is 26.9 Å². The second kappa shape index (κ2) is 8.53. The molecule has 2 aromatic carbocycles. The third-order valence-electron chi connectivity index (χ3n) is 3.97. The molecule has 136 valence electrons.